The van der Waals surface area contributed by atoms with Gasteiger partial charge >= 0.3 is 0 Å². The van der Waals surface area contributed by atoms with Gasteiger partial charge in [0.15, 0.2) is 11.5 Å². The van der Waals surface area contributed by atoms with Crippen molar-refractivity contribution < 1.29 is 4.79 Å². The zero-order chi connectivity index (χ0) is 17.6. The Hall–Kier alpha value is -2.70. The number of pyridine rings is 1. The molecule has 0 radical (unpaired) electrons. The van der Waals surface area contributed by atoms with Crippen molar-refractivity contribution in [1.82, 2.24) is 20.5 Å². The van der Waals surface area contributed by atoms with Crippen LogP contribution in [0.5, 0.6) is 0 Å². The number of halogens is 2. The lowest BCUT2D eigenvalue weighted by atomic mass is 10.3. The third-order valence-corrected chi connectivity index (χ3v) is 3.90. The molecule has 8 heteroatoms. The molecule has 0 aliphatic heterocycles. The van der Waals surface area contributed by atoms with Crippen molar-refractivity contribution in [2.45, 2.75) is 6.54 Å². The Morgan fingerprint density at radius 2 is 1.76 bits per heavy atom. The molecule has 0 aliphatic rings. The van der Waals surface area contributed by atoms with Gasteiger partial charge in [-0.05, 0) is 36.4 Å². The number of anilines is 2. The molecular formula is C17H13Cl2N5O. The number of para-hydroxylation sites is 1. The van der Waals surface area contributed by atoms with Crippen LogP contribution in [0.3, 0.4) is 0 Å². The van der Waals surface area contributed by atoms with E-state index in [2.05, 4.69) is 25.8 Å². The molecule has 1 aromatic carbocycles. The monoisotopic (exact) mass is 373 g/mol. The van der Waals surface area contributed by atoms with Crippen molar-refractivity contribution in [2.24, 2.45) is 0 Å². The summed E-state index contributed by atoms with van der Waals surface area (Å²) in [4.78, 5) is 16.2. The summed E-state index contributed by atoms with van der Waals surface area (Å²) in [6.07, 6.45) is 1.67. The lowest BCUT2D eigenvalue weighted by molar-refractivity contribution is 0.0944. The summed E-state index contributed by atoms with van der Waals surface area (Å²) >= 11 is 12.2. The first-order chi connectivity index (χ1) is 12.1. The van der Waals surface area contributed by atoms with E-state index in [-0.39, 0.29) is 11.6 Å². The first-order valence-electron chi connectivity index (χ1n) is 7.36. The molecule has 6 nitrogen and oxygen atoms in total. The molecule has 0 saturated carbocycles. The van der Waals surface area contributed by atoms with E-state index in [1.54, 1.807) is 36.5 Å². The van der Waals surface area contributed by atoms with Crippen molar-refractivity contribution in [3.8, 4) is 0 Å². The van der Waals surface area contributed by atoms with Crippen molar-refractivity contribution in [3.63, 3.8) is 0 Å². The van der Waals surface area contributed by atoms with Crippen LogP contribution in [0.2, 0.25) is 10.0 Å². The van der Waals surface area contributed by atoms with Crippen LogP contribution in [0.1, 0.15) is 16.2 Å². The largest absolute Gasteiger partial charge is 0.345 e. The van der Waals surface area contributed by atoms with Gasteiger partial charge in [0, 0.05) is 6.20 Å². The summed E-state index contributed by atoms with van der Waals surface area (Å²) in [5, 5.41) is 14.5. The summed E-state index contributed by atoms with van der Waals surface area (Å²) in [7, 11) is 0. The van der Waals surface area contributed by atoms with Crippen LogP contribution in [-0.4, -0.2) is 21.1 Å². The molecule has 3 rings (SSSR count). The van der Waals surface area contributed by atoms with Gasteiger partial charge in [0.05, 0.1) is 28.0 Å². The molecule has 2 N–H and O–H groups in total. The van der Waals surface area contributed by atoms with Crippen molar-refractivity contribution >= 4 is 40.6 Å². The van der Waals surface area contributed by atoms with Gasteiger partial charge in [-0.25, -0.2) is 0 Å². The van der Waals surface area contributed by atoms with Gasteiger partial charge in [-0.3, -0.25) is 9.78 Å². The second kappa shape index (κ2) is 7.92. The number of aromatic nitrogens is 3. The second-order valence-electron chi connectivity index (χ2n) is 5.03. The summed E-state index contributed by atoms with van der Waals surface area (Å²) in [5.74, 6) is 0.0942. The average Bonchev–Trinajstić information content (AvgIpc) is 2.64. The third kappa shape index (κ3) is 4.43. The Morgan fingerprint density at radius 1 is 0.960 bits per heavy atom. The van der Waals surface area contributed by atoms with E-state index < -0.39 is 0 Å². The molecular weight excluding hydrogens is 361 g/mol. The predicted octanol–water partition coefficient (Wildman–Crippen LogP) is 3.85. The molecule has 3 aromatic rings. The molecule has 1 amide bonds. The molecule has 0 atom stereocenters. The van der Waals surface area contributed by atoms with E-state index >= 15 is 0 Å². The Bertz CT molecular complexity index is 852. The minimum atomic E-state index is -0.333. The fourth-order valence-corrected chi connectivity index (χ4v) is 2.52. The highest BCUT2D eigenvalue weighted by Gasteiger charge is 2.10. The van der Waals surface area contributed by atoms with E-state index in [1.807, 2.05) is 18.2 Å². The van der Waals surface area contributed by atoms with Crippen molar-refractivity contribution in [1.29, 1.82) is 0 Å². The number of carbonyl (C=O) groups excluding carboxylic acids is 1. The first-order valence-corrected chi connectivity index (χ1v) is 8.12. The highest BCUT2D eigenvalue weighted by molar-refractivity contribution is 6.39. The van der Waals surface area contributed by atoms with E-state index in [1.165, 1.54) is 0 Å². The Balaban J connectivity index is 1.64. The van der Waals surface area contributed by atoms with Crippen LogP contribution in [0.25, 0.3) is 0 Å². The number of amides is 1. The third-order valence-electron chi connectivity index (χ3n) is 3.27. The van der Waals surface area contributed by atoms with Crippen LogP contribution in [0.15, 0.2) is 54.7 Å². The topological polar surface area (TPSA) is 79.8 Å². The molecule has 0 spiro atoms. The number of hydrogen-bond donors (Lipinski definition) is 2. The zero-order valence-electron chi connectivity index (χ0n) is 12.9. The summed E-state index contributed by atoms with van der Waals surface area (Å²) in [5.41, 5.74) is 1.50. The number of carbonyl (C=O) groups is 1. The standard InChI is InChI=1S/C17H13Cl2N5O/c18-12-5-3-6-13(19)16(12)22-15-8-7-14(23-24-15)17(25)21-10-11-4-1-2-9-20-11/h1-9H,10H2,(H,21,25)(H,22,24). The fraction of sp³-hybridized carbons (Fsp3) is 0.0588. The second-order valence-corrected chi connectivity index (χ2v) is 5.84. The molecule has 0 saturated heterocycles. The zero-order valence-corrected chi connectivity index (χ0v) is 14.4. The maximum atomic E-state index is 12.1. The van der Waals surface area contributed by atoms with Crippen molar-refractivity contribution in [3.05, 3.63) is 76.2 Å². The van der Waals surface area contributed by atoms with Crippen LogP contribution in [0.4, 0.5) is 11.5 Å². The van der Waals surface area contributed by atoms with E-state index in [0.717, 1.165) is 5.69 Å². The number of hydrogen-bond acceptors (Lipinski definition) is 5. The summed E-state index contributed by atoms with van der Waals surface area (Å²) < 4.78 is 0. The van der Waals surface area contributed by atoms with E-state index in [4.69, 9.17) is 23.2 Å². The first kappa shape index (κ1) is 17.1. The molecule has 25 heavy (non-hydrogen) atoms. The molecule has 2 aromatic heterocycles. The van der Waals surface area contributed by atoms with Gasteiger partial charge in [-0.1, -0.05) is 35.3 Å². The molecule has 2 heterocycles. The van der Waals surface area contributed by atoms with Crippen molar-refractivity contribution in [2.75, 3.05) is 5.32 Å². The van der Waals surface area contributed by atoms with Crippen LogP contribution < -0.4 is 10.6 Å². The van der Waals surface area contributed by atoms with Gasteiger partial charge < -0.3 is 10.6 Å². The van der Waals surface area contributed by atoms with Crippen LogP contribution in [0, 0.1) is 0 Å². The summed E-state index contributed by atoms with van der Waals surface area (Å²) in [6.45, 7) is 0.316. The smallest absolute Gasteiger partial charge is 0.272 e. The Kier molecular flexibility index (Phi) is 5.42. The summed E-state index contributed by atoms with van der Waals surface area (Å²) in [6, 6.07) is 13.9. The minimum Gasteiger partial charge on any atom is -0.345 e. The maximum absolute atomic E-state index is 12.1. The minimum absolute atomic E-state index is 0.201. The Morgan fingerprint density at radius 3 is 2.40 bits per heavy atom. The van der Waals surface area contributed by atoms with Crippen LogP contribution in [-0.2, 0) is 6.54 Å². The lowest BCUT2D eigenvalue weighted by Crippen LogP contribution is -2.24. The highest BCUT2D eigenvalue weighted by Crippen LogP contribution is 2.31. The highest BCUT2D eigenvalue weighted by atomic mass is 35.5. The molecule has 0 aliphatic carbocycles. The predicted molar refractivity (Wildman–Crippen MR) is 97.2 cm³/mol. The number of nitrogens with one attached hydrogen (secondary N) is 2. The normalized spacial score (nSPS) is 10.3. The lowest BCUT2D eigenvalue weighted by Gasteiger charge is -2.09. The maximum Gasteiger partial charge on any atom is 0.272 e. The van der Waals surface area contributed by atoms with Gasteiger partial charge in [-0.15, -0.1) is 10.2 Å². The van der Waals surface area contributed by atoms with Gasteiger partial charge in [0.1, 0.15) is 0 Å². The Labute approximate surface area is 154 Å². The molecule has 126 valence electrons. The number of benzene rings is 1. The molecule has 0 fully saturated rings. The number of rotatable bonds is 5. The van der Waals surface area contributed by atoms with Gasteiger partial charge in [-0.2, -0.15) is 0 Å². The van der Waals surface area contributed by atoms with Gasteiger partial charge in [0.2, 0.25) is 0 Å². The van der Waals surface area contributed by atoms with E-state index in [9.17, 15) is 4.79 Å². The fourth-order valence-electron chi connectivity index (χ4n) is 2.03. The van der Waals surface area contributed by atoms with Gasteiger partial charge in [0.25, 0.3) is 5.91 Å². The molecule has 0 bridgehead atoms. The average molecular weight is 374 g/mol. The SMILES string of the molecule is O=C(NCc1ccccn1)c1ccc(Nc2c(Cl)cccc2Cl)nn1. The molecule has 0 unspecified atom stereocenters. The quantitative estimate of drug-likeness (QED) is 0.709. The van der Waals surface area contributed by atoms with Crippen LogP contribution >= 0.6 is 23.2 Å². The number of nitrogens with zero attached hydrogens (tertiary/aromatic N) is 3. The van der Waals surface area contributed by atoms with E-state index in [0.29, 0.717) is 28.1 Å².